The van der Waals surface area contributed by atoms with Crippen LogP contribution in [0.2, 0.25) is 0 Å². The molecule has 0 aliphatic carbocycles. The van der Waals surface area contributed by atoms with Gasteiger partial charge in [0.2, 0.25) is 5.91 Å². The average Bonchev–Trinajstić information content (AvgIpc) is 3.59. The van der Waals surface area contributed by atoms with Crippen molar-refractivity contribution in [1.29, 1.82) is 0 Å². The second kappa shape index (κ2) is 15.0. The minimum atomic E-state index is -0.326. The third-order valence-electron chi connectivity index (χ3n) is 13.3. The molecule has 286 valence electrons. The number of aromatic hydroxyl groups is 1. The molecule has 4 saturated heterocycles. The minimum absolute atomic E-state index is 0.0588. The van der Waals surface area contributed by atoms with Crippen molar-refractivity contribution in [3.63, 3.8) is 0 Å². The zero-order valence-corrected chi connectivity index (χ0v) is 32.0. The Morgan fingerprint density at radius 1 is 0.782 bits per heavy atom. The number of imide groups is 1. The van der Waals surface area contributed by atoms with Gasteiger partial charge in [0.05, 0.1) is 12.7 Å². The van der Waals surface area contributed by atoms with Gasteiger partial charge in [0, 0.05) is 75.2 Å². The molecule has 0 radical (unpaired) electrons. The van der Waals surface area contributed by atoms with E-state index in [9.17, 15) is 14.7 Å². The molecule has 0 unspecified atom stereocenters. The summed E-state index contributed by atoms with van der Waals surface area (Å²) in [5.74, 6) is 0.882. The van der Waals surface area contributed by atoms with E-state index in [-0.39, 0.29) is 29.7 Å². The number of hydrogen-bond acceptors (Lipinski definition) is 7. The highest BCUT2D eigenvalue weighted by molar-refractivity contribution is 6.06. The predicted molar refractivity (Wildman–Crippen MR) is 217 cm³/mol. The highest BCUT2D eigenvalue weighted by Gasteiger charge is 2.41. The maximum Gasteiger partial charge on any atom is 0.328 e. The summed E-state index contributed by atoms with van der Waals surface area (Å²) < 4.78 is 6.47. The predicted octanol–water partition coefficient (Wildman–Crippen LogP) is 7.76. The quantitative estimate of drug-likeness (QED) is 0.200. The molecule has 5 aliphatic rings. The van der Waals surface area contributed by atoms with E-state index >= 15 is 0 Å². The van der Waals surface area contributed by atoms with Crippen molar-refractivity contribution in [3.8, 4) is 5.75 Å². The molecular weight excluding hydrogens is 687 g/mol. The number of carbonyl (C=O) groups excluding carboxylic acids is 2. The van der Waals surface area contributed by atoms with Gasteiger partial charge < -0.3 is 24.5 Å². The Morgan fingerprint density at radius 3 is 2.25 bits per heavy atom. The van der Waals surface area contributed by atoms with Crippen molar-refractivity contribution in [3.05, 3.63) is 119 Å². The van der Waals surface area contributed by atoms with Crippen molar-refractivity contribution in [1.82, 2.24) is 10.2 Å². The number of phenols is 1. The van der Waals surface area contributed by atoms with Crippen LogP contribution in [0.15, 0.2) is 91.0 Å². The molecule has 9 nitrogen and oxygen atoms in total. The van der Waals surface area contributed by atoms with Gasteiger partial charge in [-0.05, 0) is 127 Å². The molecule has 5 aliphatic heterocycles. The molecule has 4 aromatic carbocycles. The fraction of sp³-hybridized carbons (Fsp3) is 0.435. The largest absolute Gasteiger partial charge is 0.508 e. The summed E-state index contributed by atoms with van der Waals surface area (Å²) in [6.45, 7) is 11.0. The molecule has 3 amide bonds. The molecule has 1 spiro atoms. The molecule has 5 heterocycles. The summed E-state index contributed by atoms with van der Waals surface area (Å²) in [5, 5.41) is 12.6. The van der Waals surface area contributed by atoms with Gasteiger partial charge in [0.15, 0.2) is 0 Å². The topological polar surface area (TPSA) is 88.6 Å². The van der Waals surface area contributed by atoms with E-state index < -0.39 is 0 Å². The highest BCUT2D eigenvalue weighted by Crippen LogP contribution is 2.46. The van der Waals surface area contributed by atoms with E-state index in [4.69, 9.17) is 4.74 Å². The number of phenolic OH excluding ortho intramolecular Hbond substituents is 1. The van der Waals surface area contributed by atoms with Crippen molar-refractivity contribution < 1.29 is 19.4 Å². The van der Waals surface area contributed by atoms with Crippen LogP contribution in [0.1, 0.15) is 78.4 Å². The second-order valence-electron chi connectivity index (χ2n) is 16.7. The van der Waals surface area contributed by atoms with E-state index in [0.29, 0.717) is 25.0 Å². The van der Waals surface area contributed by atoms with Crippen LogP contribution in [0.4, 0.5) is 21.9 Å². The lowest BCUT2D eigenvalue weighted by Gasteiger charge is -2.41. The Bertz CT molecular complexity index is 2020. The summed E-state index contributed by atoms with van der Waals surface area (Å²) in [6.07, 6.45) is 6.47. The second-order valence-corrected chi connectivity index (χ2v) is 16.7. The molecule has 9 heteroatoms. The van der Waals surface area contributed by atoms with Gasteiger partial charge in [-0.25, -0.2) is 4.79 Å². The Kier molecular flexibility index (Phi) is 9.77. The summed E-state index contributed by atoms with van der Waals surface area (Å²) in [4.78, 5) is 33.6. The summed E-state index contributed by atoms with van der Waals surface area (Å²) >= 11 is 0. The van der Waals surface area contributed by atoms with Crippen molar-refractivity contribution in [2.75, 3.05) is 67.1 Å². The SMILES string of the molecule is Cc1cc(N2CCC3(CCN(CC4CCN(c5ccc([C@@H]6c7ccc(O)cc7CO[C@@H]6c6ccccc6)cc5)CC4)C3)CC2)ccc1N1CCC(=O)NC1=O. The number of amides is 3. The van der Waals surface area contributed by atoms with Crippen LogP contribution in [-0.2, 0) is 16.1 Å². The Morgan fingerprint density at radius 2 is 1.51 bits per heavy atom. The number of benzene rings is 4. The first-order chi connectivity index (χ1) is 26.8. The first-order valence-electron chi connectivity index (χ1n) is 20.3. The van der Waals surface area contributed by atoms with E-state index in [1.54, 1.807) is 11.0 Å². The molecule has 2 atom stereocenters. The van der Waals surface area contributed by atoms with Gasteiger partial charge in [0.1, 0.15) is 5.75 Å². The fourth-order valence-corrected chi connectivity index (χ4v) is 10.1. The number of nitrogens with one attached hydrogen (secondary N) is 1. The molecule has 55 heavy (non-hydrogen) atoms. The number of fused-ring (bicyclic) bond motifs is 1. The van der Waals surface area contributed by atoms with Crippen molar-refractivity contribution in [2.45, 2.75) is 64.1 Å². The number of aryl methyl sites for hydroxylation is 1. The first-order valence-corrected chi connectivity index (χ1v) is 20.3. The number of ether oxygens (including phenoxy) is 1. The van der Waals surface area contributed by atoms with E-state index in [1.807, 2.05) is 18.2 Å². The van der Waals surface area contributed by atoms with E-state index in [0.717, 1.165) is 48.9 Å². The number of likely N-dealkylation sites (tertiary alicyclic amines) is 1. The monoisotopic (exact) mass is 739 g/mol. The lowest BCUT2D eigenvalue weighted by Crippen LogP contribution is -2.49. The lowest BCUT2D eigenvalue weighted by molar-refractivity contribution is -0.120. The van der Waals surface area contributed by atoms with Gasteiger partial charge in [-0.1, -0.05) is 48.5 Å². The number of urea groups is 1. The number of carbonyl (C=O) groups is 2. The van der Waals surface area contributed by atoms with Crippen LogP contribution < -0.4 is 20.0 Å². The summed E-state index contributed by atoms with van der Waals surface area (Å²) in [6, 6.07) is 31.5. The van der Waals surface area contributed by atoms with Gasteiger partial charge in [-0.3, -0.25) is 15.0 Å². The van der Waals surface area contributed by atoms with Crippen LogP contribution in [0.25, 0.3) is 0 Å². The molecule has 0 saturated carbocycles. The normalized spacial score (nSPS) is 23.3. The first kappa shape index (κ1) is 35.8. The number of piperidine rings is 2. The zero-order chi connectivity index (χ0) is 37.5. The third-order valence-corrected chi connectivity index (χ3v) is 13.3. The highest BCUT2D eigenvalue weighted by atomic mass is 16.5. The molecule has 4 fully saturated rings. The molecule has 9 rings (SSSR count). The van der Waals surface area contributed by atoms with Crippen LogP contribution >= 0.6 is 0 Å². The Labute approximate surface area is 324 Å². The lowest BCUT2D eigenvalue weighted by atomic mass is 9.77. The van der Waals surface area contributed by atoms with Crippen molar-refractivity contribution in [2.24, 2.45) is 11.3 Å². The van der Waals surface area contributed by atoms with Gasteiger partial charge in [0.25, 0.3) is 0 Å². The van der Waals surface area contributed by atoms with Gasteiger partial charge >= 0.3 is 6.03 Å². The number of anilines is 3. The summed E-state index contributed by atoms with van der Waals surface area (Å²) in [7, 11) is 0. The van der Waals surface area contributed by atoms with E-state index in [2.05, 4.69) is 93.7 Å². The Balaban J connectivity index is 0.773. The minimum Gasteiger partial charge on any atom is -0.508 e. The fourth-order valence-electron chi connectivity index (χ4n) is 10.1. The third kappa shape index (κ3) is 7.32. The van der Waals surface area contributed by atoms with Gasteiger partial charge in [-0.15, -0.1) is 0 Å². The van der Waals surface area contributed by atoms with Crippen molar-refractivity contribution >= 4 is 29.0 Å². The standard InChI is InChI=1S/C46H53N5O4/c1-32-27-38(11-14-41(32)51-23-17-42(53)47-45(51)54)50-25-19-46(20-26-50)18-24-48(31-46)29-33-15-21-49(22-16-33)37-9-7-34(8-10-37)43-40-13-12-39(52)28-36(40)30-55-44(43)35-5-3-2-4-6-35/h2-14,27-28,33,43-44,52H,15-26,29-31H2,1H3,(H,47,53,54)/t43-,44-/m1/s1. The Hall–Kier alpha value is -4.86. The number of nitrogens with zero attached hydrogens (tertiary/aromatic N) is 4. The molecule has 2 N–H and O–H groups in total. The zero-order valence-electron chi connectivity index (χ0n) is 32.0. The van der Waals surface area contributed by atoms with E-state index in [1.165, 1.54) is 79.8 Å². The molecule has 0 bridgehead atoms. The number of hydrogen-bond donors (Lipinski definition) is 2. The maximum atomic E-state index is 12.4. The van der Waals surface area contributed by atoms with Crippen LogP contribution in [0, 0.1) is 18.3 Å². The summed E-state index contributed by atoms with van der Waals surface area (Å²) in [5.41, 5.74) is 9.61. The van der Waals surface area contributed by atoms with Crippen LogP contribution in [0.3, 0.4) is 0 Å². The van der Waals surface area contributed by atoms with Gasteiger partial charge in [-0.2, -0.15) is 0 Å². The van der Waals surface area contributed by atoms with Crippen LogP contribution in [-0.4, -0.2) is 74.3 Å². The molecular formula is C46H53N5O4. The molecule has 4 aromatic rings. The average molecular weight is 740 g/mol. The molecule has 0 aromatic heterocycles. The smallest absolute Gasteiger partial charge is 0.328 e. The van der Waals surface area contributed by atoms with Crippen LogP contribution in [0.5, 0.6) is 5.75 Å². The maximum absolute atomic E-state index is 12.4. The number of rotatable bonds is 7.